The third-order valence-corrected chi connectivity index (χ3v) is 21.5. The molecule has 0 amide bonds. The second kappa shape index (κ2) is 35.9. The summed E-state index contributed by atoms with van der Waals surface area (Å²) in [5, 5.41) is 39.8. The molecule has 12 rings (SSSR count). The van der Waals surface area contributed by atoms with Crippen molar-refractivity contribution < 1.29 is 33.7 Å². The van der Waals surface area contributed by atoms with Crippen molar-refractivity contribution in [2.75, 3.05) is 0 Å². The number of hydrogen-bond donors (Lipinski definition) is 4. The SMILES string of the molecule is CC(C)CCc1cc(-c2ccc(Br)cc2)n(-c2ccc(S(N)(=O)=O)cc2)n1.CC(C)CCc1cc(-c2ccccc2)n(-c2ccc(S(N)(=O)=O)cc2)n1.CC(C)CCc1cc(-c2ccccc2)nn1-c1ccc(S(N)(=O)=O)cc1.Cc1ccc(-c2cc(CCC(C)C)n(-c3ccc(S(N)(=O)=O)cc3)n2)cc1. The van der Waals surface area contributed by atoms with Gasteiger partial charge in [0.2, 0.25) is 40.1 Å². The Kier molecular flexibility index (Phi) is 27.3. The monoisotopic (exact) mass is 1570 g/mol. The molecule has 20 nitrogen and oxygen atoms in total. The highest BCUT2D eigenvalue weighted by molar-refractivity contribution is 9.10. The lowest BCUT2D eigenvalue weighted by atomic mass is 10.0. The highest BCUT2D eigenvalue weighted by Crippen LogP contribution is 2.31. The van der Waals surface area contributed by atoms with Crippen LogP contribution >= 0.6 is 15.9 Å². The average Bonchev–Trinajstić information content (AvgIpc) is 1.59. The molecule has 0 aliphatic heterocycles. The molecule has 0 fully saturated rings. The van der Waals surface area contributed by atoms with Crippen LogP contribution in [0.25, 0.3) is 67.8 Å². The fourth-order valence-corrected chi connectivity index (χ4v) is 13.6. The molecule has 556 valence electrons. The fourth-order valence-electron chi connectivity index (χ4n) is 11.3. The lowest BCUT2D eigenvalue weighted by Crippen LogP contribution is -2.12. The highest BCUT2D eigenvalue weighted by Gasteiger charge is 2.20. The van der Waals surface area contributed by atoms with Gasteiger partial charge in [-0.3, -0.25) is 0 Å². The van der Waals surface area contributed by atoms with Crippen molar-refractivity contribution in [2.24, 2.45) is 44.2 Å². The Balaban J connectivity index is 0.000000163. The molecule has 0 radical (unpaired) electrons. The third kappa shape index (κ3) is 22.9. The van der Waals surface area contributed by atoms with Gasteiger partial charge in [0.05, 0.1) is 76.5 Å². The van der Waals surface area contributed by atoms with Crippen LogP contribution in [0.3, 0.4) is 0 Å². The van der Waals surface area contributed by atoms with Crippen LogP contribution in [0.2, 0.25) is 0 Å². The van der Waals surface area contributed by atoms with Crippen molar-refractivity contribution in [3.63, 3.8) is 0 Å². The van der Waals surface area contributed by atoms with Crippen LogP contribution < -0.4 is 20.6 Å². The van der Waals surface area contributed by atoms with Gasteiger partial charge < -0.3 is 0 Å². The third-order valence-electron chi connectivity index (χ3n) is 17.3. The Morgan fingerprint density at radius 3 is 0.906 bits per heavy atom. The molecule has 4 aromatic heterocycles. The molecular formula is C81H93BrN12O8S4. The van der Waals surface area contributed by atoms with E-state index in [9.17, 15) is 33.7 Å². The van der Waals surface area contributed by atoms with Crippen LogP contribution in [0.4, 0.5) is 0 Å². The first-order valence-corrected chi connectivity index (χ1v) is 42.0. The summed E-state index contributed by atoms with van der Waals surface area (Å²) in [5.74, 6) is 2.37. The van der Waals surface area contributed by atoms with Gasteiger partial charge in [-0.2, -0.15) is 20.4 Å². The molecule has 0 saturated heterocycles. The van der Waals surface area contributed by atoms with Crippen LogP contribution in [0, 0.1) is 30.6 Å². The minimum Gasteiger partial charge on any atom is -0.237 e. The highest BCUT2D eigenvalue weighted by atomic mass is 79.9. The molecule has 0 aliphatic rings. The summed E-state index contributed by atoms with van der Waals surface area (Å²) in [5.41, 5.74) is 16.6. The quantitative estimate of drug-likeness (QED) is 0.0439. The van der Waals surface area contributed by atoms with Gasteiger partial charge in [-0.05, 0) is 215 Å². The molecule has 0 unspecified atom stereocenters. The van der Waals surface area contributed by atoms with Gasteiger partial charge in [-0.25, -0.2) is 73.0 Å². The summed E-state index contributed by atoms with van der Waals surface area (Å²) in [4.78, 5) is 0.375. The topological polar surface area (TPSA) is 312 Å². The summed E-state index contributed by atoms with van der Waals surface area (Å²) >= 11 is 3.46. The van der Waals surface area contributed by atoms with E-state index in [1.54, 1.807) is 48.5 Å². The Morgan fingerprint density at radius 1 is 0.321 bits per heavy atom. The van der Waals surface area contributed by atoms with Gasteiger partial charge in [0.1, 0.15) is 0 Å². The van der Waals surface area contributed by atoms with Crippen molar-refractivity contribution in [1.82, 2.24) is 39.1 Å². The Labute approximate surface area is 632 Å². The molecule has 0 spiro atoms. The molecule has 8 aromatic carbocycles. The summed E-state index contributed by atoms with van der Waals surface area (Å²) < 4.78 is 100. The maximum atomic E-state index is 11.5. The van der Waals surface area contributed by atoms with Gasteiger partial charge in [0.15, 0.2) is 0 Å². The number of benzene rings is 8. The normalized spacial score (nSPS) is 11.9. The maximum Gasteiger partial charge on any atom is 0.238 e. The summed E-state index contributed by atoms with van der Waals surface area (Å²) in [6.45, 7) is 19.6. The second-order valence-corrected chi connectivity index (χ2v) is 34.9. The number of nitrogens with two attached hydrogens (primary N) is 4. The van der Waals surface area contributed by atoms with E-state index in [4.69, 9.17) is 41.0 Å². The van der Waals surface area contributed by atoms with E-state index in [1.165, 1.54) is 54.1 Å². The molecule has 12 aromatic rings. The van der Waals surface area contributed by atoms with Crippen molar-refractivity contribution in [2.45, 2.75) is 133 Å². The Bertz CT molecular complexity index is 5340. The van der Waals surface area contributed by atoms with Crippen molar-refractivity contribution in [3.8, 4) is 67.8 Å². The van der Waals surface area contributed by atoms with Crippen LogP contribution in [0.5, 0.6) is 0 Å². The Morgan fingerprint density at radius 2 is 0.594 bits per heavy atom. The number of rotatable bonds is 24. The number of primary sulfonamides is 4. The van der Waals surface area contributed by atoms with Gasteiger partial charge >= 0.3 is 0 Å². The molecule has 0 saturated carbocycles. The Hall–Kier alpha value is -9.28. The minimum absolute atomic E-state index is 0.0867. The molecule has 8 N–H and O–H groups in total. The predicted octanol–water partition coefficient (Wildman–Crippen LogP) is 16.2. The largest absolute Gasteiger partial charge is 0.238 e. The lowest BCUT2D eigenvalue weighted by molar-refractivity contribution is 0.573. The number of halogens is 1. The molecule has 106 heavy (non-hydrogen) atoms. The van der Waals surface area contributed by atoms with E-state index in [2.05, 4.69) is 127 Å². The molecule has 0 atom stereocenters. The van der Waals surface area contributed by atoms with E-state index >= 15 is 0 Å². The first-order chi connectivity index (χ1) is 50.2. The zero-order chi connectivity index (χ0) is 76.7. The van der Waals surface area contributed by atoms with Crippen LogP contribution in [0.1, 0.15) is 109 Å². The lowest BCUT2D eigenvalue weighted by Gasteiger charge is -2.09. The first kappa shape index (κ1) is 80.8. The van der Waals surface area contributed by atoms with Gasteiger partial charge in [-0.15, -0.1) is 0 Å². The number of nitrogens with zero attached hydrogens (tertiary/aromatic N) is 8. The van der Waals surface area contributed by atoms with E-state index in [0.717, 1.165) is 146 Å². The smallest absolute Gasteiger partial charge is 0.237 e. The van der Waals surface area contributed by atoms with Gasteiger partial charge in [0.25, 0.3) is 0 Å². The second-order valence-electron chi connectivity index (χ2n) is 27.7. The first-order valence-electron chi connectivity index (χ1n) is 35.0. The zero-order valence-corrected chi connectivity index (χ0v) is 65.9. The number of aromatic nitrogens is 8. The van der Waals surface area contributed by atoms with E-state index in [0.29, 0.717) is 23.7 Å². The standard InChI is InChI=1S/C21H25N3O2S.C20H22BrN3O2S.2C20H23N3O2S/c1-15(2)4-9-19-14-21(17-7-5-16(3)6-8-17)23-24(19)18-10-12-20(13-11-18)27(22,25)26;1-14(2)3-8-17-13-20(15-4-6-16(21)7-5-15)24(23-17)18-9-11-19(12-10-18)27(22,25)26;1-15(2)8-9-18-14-20(16-6-4-3-5-7-16)22-23(18)17-10-12-19(13-11-17)26(21,24)25;1-15(2)8-9-17-14-20(16-6-4-3-5-7-16)23(22-17)18-10-12-19(13-11-18)26(21,24)25/h5-8,10-15H,4,9H2,1-3H3,(H2,22,25,26);4-7,9-14H,3,8H2,1-2H3,(H2,22,25,26);2*3-7,10-15H,8-9H2,1-2H3,(H2,21,24,25). The summed E-state index contributed by atoms with van der Waals surface area (Å²) in [6, 6.07) is 70.7. The maximum absolute atomic E-state index is 11.5. The number of aryl methyl sites for hydroxylation is 5. The van der Waals surface area contributed by atoms with Crippen molar-refractivity contribution in [1.29, 1.82) is 0 Å². The van der Waals surface area contributed by atoms with Crippen molar-refractivity contribution in [3.05, 3.63) is 263 Å². The summed E-state index contributed by atoms with van der Waals surface area (Å²) in [6.07, 6.45) is 7.81. The zero-order valence-electron chi connectivity index (χ0n) is 61.1. The van der Waals surface area contributed by atoms with Crippen LogP contribution in [-0.2, 0) is 65.8 Å². The molecule has 25 heteroatoms. The molecule has 0 aliphatic carbocycles. The molecule has 0 bridgehead atoms. The average molecular weight is 1570 g/mol. The van der Waals surface area contributed by atoms with Gasteiger partial charge in [-0.1, -0.05) is 174 Å². The predicted molar refractivity (Wildman–Crippen MR) is 427 cm³/mol. The number of sulfonamides is 4. The minimum atomic E-state index is -3.72. The van der Waals surface area contributed by atoms with Crippen LogP contribution in [-0.4, -0.2) is 72.8 Å². The van der Waals surface area contributed by atoms with E-state index < -0.39 is 40.1 Å². The number of hydrogen-bond acceptors (Lipinski definition) is 12. The van der Waals surface area contributed by atoms with Gasteiger partial charge in [0, 0.05) is 38.1 Å². The van der Waals surface area contributed by atoms with Crippen LogP contribution in [0.15, 0.2) is 255 Å². The van der Waals surface area contributed by atoms with E-state index in [-0.39, 0.29) is 19.6 Å². The molecular weight excluding hydrogens is 1480 g/mol. The fraction of sp³-hybridized carbons (Fsp3) is 0.259. The van der Waals surface area contributed by atoms with E-state index in [1.807, 2.05) is 104 Å². The van der Waals surface area contributed by atoms with Crippen molar-refractivity contribution >= 4 is 56.0 Å². The molecule has 4 heterocycles. The summed E-state index contributed by atoms with van der Waals surface area (Å²) in [7, 11) is -14.8.